The van der Waals surface area contributed by atoms with Crippen molar-refractivity contribution >= 4 is 30.4 Å². The van der Waals surface area contributed by atoms with Gasteiger partial charge in [0, 0.05) is 41.0 Å². The fourth-order valence-electron chi connectivity index (χ4n) is 1.06. The molecule has 4 nitrogen and oxygen atoms in total. The molecular weight excluding hydrogens is 343 g/mol. The Morgan fingerprint density at radius 2 is 1.44 bits per heavy atom. The van der Waals surface area contributed by atoms with Crippen LogP contribution in [0.4, 0.5) is 0 Å². The highest BCUT2D eigenvalue weighted by molar-refractivity contribution is 14.2. The molecule has 0 aromatic carbocycles. The van der Waals surface area contributed by atoms with Gasteiger partial charge >= 0.3 is 0 Å². The Bertz CT molecular complexity index is 115. The first-order valence-electron chi connectivity index (χ1n) is 5.58. The van der Waals surface area contributed by atoms with Gasteiger partial charge in [-0.2, -0.15) is 0 Å². The van der Waals surface area contributed by atoms with Crippen LogP contribution in [-0.2, 0) is 13.7 Å². The summed E-state index contributed by atoms with van der Waals surface area (Å²) < 4.78 is 15.7. The summed E-state index contributed by atoms with van der Waals surface area (Å²) in [6.07, 6.45) is 4.01. The second-order valence-corrected chi connectivity index (χ2v) is 4.69. The van der Waals surface area contributed by atoms with Crippen LogP contribution in [0, 0.1) is 0 Å². The van der Waals surface area contributed by atoms with E-state index in [0.29, 0.717) is 26.2 Å². The third-order valence-electron chi connectivity index (χ3n) is 1.88. The molecule has 0 aliphatic rings. The SMILES string of the molecule is OCCCOCCOCCCCCOSI. The molecule has 0 bridgehead atoms. The molecule has 0 unspecified atom stereocenters. The van der Waals surface area contributed by atoms with Gasteiger partial charge in [0.25, 0.3) is 0 Å². The maximum Gasteiger partial charge on any atom is 0.0700 e. The van der Waals surface area contributed by atoms with E-state index in [9.17, 15) is 0 Å². The summed E-state index contributed by atoms with van der Waals surface area (Å²) in [7, 11) is 1.39. The average molecular weight is 364 g/mol. The fourth-order valence-corrected chi connectivity index (χ4v) is 1.78. The van der Waals surface area contributed by atoms with Crippen LogP contribution in [0.1, 0.15) is 25.7 Å². The van der Waals surface area contributed by atoms with E-state index in [2.05, 4.69) is 21.2 Å². The number of aliphatic hydroxyl groups is 1. The maximum absolute atomic E-state index is 8.50. The fraction of sp³-hybridized carbons (Fsp3) is 1.00. The minimum Gasteiger partial charge on any atom is -0.396 e. The normalized spacial score (nSPS) is 10.9. The van der Waals surface area contributed by atoms with Crippen molar-refractivity contribution in [1.29, 1.82) is 0 Å². The van der Waals surface area contributed by atoms with E-state index < -0.39 is 0 Å². The van der Waals surface area contributed by atoms with Crippen LogP contribution < -0.4 is 0 Å². The molecule has 0 aromatic heterocycles. The van der Waals surface area contributed by atoms with Crippen LogP contribution in [0.5, 0.6) is 0 Å². The molecule has 0 fully saturated rings. The summed E-state index contributed by atoms with van der Waals surface area (Å²) in [5, 5.41) is 8.50. The van der Waals surface area contributed by atoms with Crippen molar-refractivity contribution in [2.45, 2.75) is 25.7 Å². The highest BCUT2D eigenvalue weighted by atomic mass is 127. The first kappa shape index (κ1) is 16.9. The van der Waals surface area contributed by atoms with Gasteiger partial charge in [0.2, 0.25) is 0 Å². The van der Waals surface area contributed by atoms with E-state index in [0.717, 1.165) is 32.5 Å². The number of aliphatic hydroxyl groups excluding tert-OH is 1. The van der Waals surface area contributed by atoms with Crippen molar-refractivity contribution in [2.75, 3.05) is 39.6 Å². The molecule has 0 saturated heterocycles. The molecule has 0 atom stereocenters. The lowest BCUT2D eigenvalue weighted by molar-refractivity contribution is 0.0412. The summed E-state index contributed by atoms with van der Waals surface area (Å²) >= 11 is 2.12. The van der Waals surface area contributed by atoms with E-state index in [1.165, 1.54) is 9.21 Å². The van der Waals surface area contributed by atoms with E-state index in [4.69, 9.17) is 18.8 Å². The predicted octanol–water partition coefficient (Wildman–Crippen LogP) is 2.59. The van der Waals surface area contributed by atoms with Gasteiger partial charge in [0.15, 0.2) is 0 Å². The highest BCUT2D eigenvalue weighted by Crippen LogP contribution is 2.12. The third-order valence-corrected chi connectivity index (χ3v) is 2.90. The Hall–Kier alpha value is 0.920. The summed E-state index contributed by atoms with van der Waals surface area (Å²) in [6.45, 7) is 3.68. The minimum absolute atomic E-state index is 0.193. The molecular formula is C10H21IO4S. The third kappa shape index (κ3) is 14.9. The van der Waals surface area contributed by atoms with Crippen LogP contribution in [0.25, 0.3) is 0 Å². The first-order valence-corrected chi connectivity index (χ1v) is 8.86. The van der Waals surface area contributed by atoms with Crippen molar-refractivity contribution in [3.8, 4) is 0 Å². The van der Waals surface area contributed by atoms with Gasteiger partial charge in [-0.25, -0.2) is 0 Å². The van der Waals surface area contributed by atoms with Crippen molar-refractivity contribution in [1.82, 2.24) is 0 Å². The molecule has 0 aliphatic heterocycles. The Morgan fingerprint density at radius 3 is 2.06 bits per heavy atom. The first-order chi connectivity index (χ1) is 7.91. The second kappa shape index (κ2) is 15.9. The zero-order chi connectivity index (χ0) is 11.9. The monoisotopic (exact) mass is 364 g/mol. The lowest BCUT2D eigenvalue weighted by Gasteiger charge is -2.05. The largest absolute Gasteiger partial charge is 0.396 e. The molecule has 0 saturated carbocycles. The number of ether oxygens (including phenoxy) is 2. The Labute approximate surface area is 114 Å². The molecule has 0 heterocycles. The second-order valence-electron chi connectivity index (χ2n) is 3.25. The minimum atomic E-state index is 0.193. The van der Waals surface area contributed by atoms with Gasteiger partial charge in [0.1, 0.15) is 0 Å². The van der Waals surface area contributed by atoms with Crippen LogP contribution in [0.15, 0.2) is 0 Å². The highest BCUT2D eigenvalue weighted by Gasteiger charge is 1.92. The topological polar surface area (TPSA) is 47.9 Å². The summed E-state index contributed by atoms with van der Waals surface area (Å²) in [4.78, 5) is 0. The molecule has 0 aliphatic carbocycles. The number of hydrogen-bond donors (Lipinski definition) is 1. The number of unbranched alkanes of at least 4 members (excludes halogenated alkanes) is 2. The van der Waals surface area contributed by atoms with Crippen LogP contribution >= 0.6 is 30.4 Å². The van der Waals surface area contributed by atoms with Gasteiger partial charge < -0.3 is 18.8 Å². The Balaban J connectivity index is 2.83. The van der Waals surface area contributed by atoms with Crippen molar-refractivity contribution in [3.63, 3.8) is 0 Å². The lowest BCUT2D eigenvalue weighted by Crippen LogP contribution is -2.07. The van der Waals surface area contributed by atoms with Gasteiger partial charge in [-0.3, -0.25) is 0 Å². The summed E-state index contributed by atoms with van der Waals surface area (Å²) in [5.41, 5.74) is 0. The van der Waals surface area contributed by atoms with Crippen LogP contribution in [-0.4, -0.2) is 44.7 Å². The zero-order valence-electron chi connectivity index (χ0n) is 9.53. The molecule has 0 radical (unpaired) electrons. The van der Waals surface area contributed by atoms with Crippen LogP contribution in [0.2, 0.25) is 0 Å². The Morgan fingerprint density at radius 1 is 0.812 bits per heavy atom. The smallest absolute Gasteiger partial charge is 0.0700 e. The van der Waals surface area contributed by atoms with Gasteiger partial charge in [-0.1, -0.05) is 0 Å². The molecule has 6 heteroatoms. The van der Waals surface area contributed by atoms with E-state index in [-0.39, 0.29) is 6.61 Å². The van der Waals surface area contributed by atoms with E-state index in [1.54, 1.807) is 0 Å². The van der Waals surface area contributed by atoms with Gasteiger partial charge in [0.05, 0.1) is 29.0 Å². The molecule has 0 spiro atoms. The van der Waals surface area contributed by atoms with E-state index in [1.807, 2.05) is 0 Å². The average Bonchev–Trinajstić information content (AvgIpc) is 2.31. The zero-order valence-corrected chi connectivity index (χ0v) is 12.5. The molecule has 0 rings (SSSR count). The Kier molecular flexibility index (Phi) is 16.8. The molecule has 16 heavy (non-hydrogen) atoms. The quantitative estimate of drug-likeness (QED) is 0.309. The number of halogens is 1. The van der Waals surface area contributed by atoms with Crippen molar-refractivity contribution in [3.05, 3.63) is 0 Å². The standard InChI is InChI=1S/C10H21IO4S/c11-16-15-8-3-1-2-6-13-9-10-14-7-4-5-12/h12H,1-10H2. The summed E-state index contributed by atoms with van der Waals surface area (Å²) in [5.74, 6) is 0. The predicted molar refractivity (Wildman–Crippen MR) is 74.8 cm³/mol. The van der Waals surface area contributed by atoms with E-state index >= 15 is 0 Å². The maximum atomic E-state index is 8.50. The van der Waals surface area contributed by atoms with Crippen molar-refractivity contribution in [2.24, 2.45) is 0 Å². The molecule has 98 valence electrons. The summed E-state index contributed by atoms with van der Waals surface area (Å²) in [6, 6.07) is 0. The number of rotatable bonds is 13. The van der Waals surface area contributed by atoms with Crippen LogP contribution in [0.3, 0.4) is 0 Å². The molecule has 1 N–H and O–H groups in total. The number of hydrogen-bond acceptors (Lipinski definition) is 5. The molecule has 0 amide bonds. The lowest BCUT2D eigenvalue weighted by atomic mass is 10.2. The molecule has 0 aromatic rings. The van der Waals surface area contributed by atoms with Gasteiger partial charge in [-0.05, 0) is 25.7 Å². The van der Waals surface area contributed by atoms with Crippen molar-refractivity contribution < 1.29 is 18.8 Å². The van der Waals surface area contributed by atoms with Gasteiger partial charge in [-0.15, -0.1) is 0 Å².